The van der Waals surface area contributed by atoms with Gasteiger partial charge in [-0.05, 0) is 25.0 Å². The Labute approximate surface area is 101 Å². The zero-order chi connectivity index (χ0) is 13.0. The maximum absolute atomic E-state index is 11.8. The Morgan fingerprint density at radius 1 is 1.29 bits per heavy atom. The van der Waals surface area contributed by atoms with E-state index in [1.54, 1.807) is 13.0 Å². The van der Waals surface area contributed by atoms with Crippen molar-refractivity contribution in [2.75, 3.05) is 12.8 Å². The molecule has 0 aliphatic heterocycles. The molecule has 0 atom stereocenters. The van der Waals surface area contributed by atoms with E-state index in [0.29, 0.717) is 28.8 Å². The molecule has 1 rings (SSSR count). The van der Waals surface area contributed by atoms with E-state index in [2.05, 4.69) is 4.74 Å². The third kappa shape index (κ3) is 2.64. The Kier molecular flexibility index (Phi) is 4.26. The summed E-state index contributed by atoms with van der Waals surface area (Å²) in [6, 6.07) is 3.17. The molecule has 4 heteroatoms. The highest BCUT2D eigenvalue weighted by Gasteiger charge is 2.16. The van der Waals surface area contributed by atoms with Crippen molar-refractivity contribution in [1.82, 2.24) is 0 Å². The quantitative estimate of drug-likeness (QED) is 0.494. The van der Waals surface area contributed by atoms with Gasteiger partial charge in [0, 0.05) is 17.7 Å². The molecule has 1 aromatic rings. The van der Waals surface area contributed by atoms with E-state index in [1.165, 1.54) is 13.2 Å². The highest BCUT2D eigenvalue weighted by molar-refractivity contribution is 6.02. The molecule has 17 heavy (non-hydrogen) atoms. The van der Waals surface area contributed by atoms with Crippen LogP contribution in [0, 0.1) is 6.92 Å². The average Bonchev–Trinajstić information content (AvgIpc) is 2.31. The van der Waals surface area contributed by atoms with Crippen LogP contribution in [0.3, 0.4) is 0 Å². The van der Waals surface area contributed by atoms with E-state index < -0.39 is 5.97 Å². The van der Waals surface area contributed by atoms with Crippen molar-refractivity contribution in [1.29, 1.82) is 0 Å². The number of Topliss-reactive ketones (excluding diaryl/α,β-unsaturated/α-hetero) is 1. The number of nitrogen functional groups attached to an aromatic ring is 1. The second-order valence-electron chi connectivity index (χ2n) is 3.86. The third-order valence-corrected chi connectivity index (χ3v) is 2.70. The van der Waals surface area contributed by atoms with Crippen LogP contribution in [-0.4, -0.2) is 18.9 Å². The Morgan fingerprint density at radius 3 is 2.41 bits per heavy atom. The number of anilines is 1. The average molecular weight is 235 g/mol. The first kappa shape index (κ1) is 13.2. The molecule has 0 heterocycles. The molecule has 0 aliphatic rings. The molecule has 0 saturated heterocycles. The number of rotatable bonds is 4. The molecule has 0 saturated carbocycles. The van der Waals surface area contributed by atoms with Crippen LogP contribution in [0.1, 0.15) is 46.0 Å². The molecule has 4 nitrogen and oxygen atoms in total. The van der Waals surface area contributed by atoms with Gasteiger partial charge < -0.3 is 10.5 Å². The molecule has 2 N–H and O–H groups in total. The zero-order valence-corrected chi connectivity index (χ0v) is 10.4. The van der Waals surface area contributed by atoms with Crippen LogP contribution in [0.5, 0.6) is 0 Å². The monoisotopic (exact) mass is 235 g/mol. The summed E-state index contributed by atoms with van der Waals surface area (Å²) in [5.74, 6) is -0.437. The Hall–Kier alpha value is -1.84. The smallest absolute Gasteiger partial charge is 0.339 e. The van der Waals surface area contributed by atoms with E-state index in [0.717, 1.165) is 6.42 Å². The van der Waals surface area contributed by atoms with Gasteiger partial charge >= 0.3 is 5.97 Å². The second kappa shape index (κ2) is 5.48. The maximum Gasteiger partial charge on any atom is 0.339 e. The summed E-state index contributed by atoms with van der Waals surface area (Å²) < 4.78 is 4.62. The molecule has 0 spiro atoms. The predicted molar refractivity (Wildman–Crippen MR) is 66.2 cm³/mol. The largest absolute Gasteiger partial charge is 0.465 e. The van der Waals surface area contributed by atoms with Crippen molar-refractivity contribution in [2.45, 2.75) is 26.7 Å². The highest BCUT2D eigenvalue weighted by Crippen LogP contribution is 2.23. The van der Waals surface area contributed by atoms with Crippen LogP contribution >= 0.6 is 0 Å². The van der Waals surface area contributed by atoms with Crippen LogP contribution < -0.4 is 5.73 Å². The van der Waals surface area contributed by atoms with Gasteiger partial charge in [0.2, 0.25) is 0 Å². The van der Waals surface area contributed by atoms with Crippen molar-refractivity contribution in [3.05, 3.63) is 28.8 Å². The molecule has 0 radical (unpaired) electrons. The predicted octanol–water partition coefficient (Wildman–Crippen LogP) is 2.35. The molecular weight excluding hydrogens is 218 g/mol. The lowest BCUT2D eigenvalue weighted by Gasteiger charge is -2.10. The summed E-state index contributed by atoms with van der Waals surface area (Å²) >= 11 is 0. The van der Waals surface area contributed by atoms with Gasteiger partial charge in [0.15, 0.2) is 5.78 Å². The van der Waals surface area contributed by atoms with Gasteiger partial charge in [0.05, 0.1) is 12.7 Å². The van der Waals surface area contributed by atoms with Gasteiger partial charge in [-0.2, -0.15) is 0 Å². The number of ketones is 1. The number of benzene rings is 1. The molecule has 1 aromatic carbocycles. The van der Waals surface area contributed by atoms with E-state index in [1.807, 2.05) is 6.92 Å². The number of nitrogens with two attached hydrogens (primary N) is 1. The van der Waals surface area contributed by atoms with Crippen molar-refractivity contribution in [3.8, 4) is 0 Å². The lowest BCUT2D eigenvalue weighted by molar-refractivity contribution is 0.0601. The molecular formula is C13H17NO3. The molecule has 0 amide bonds. The van der Waals surface area contributed by atoms with E-state index in [9.17, 15) is 9.59 Å². The minimum absolute atomic E-state index is 0.0492. The third-order valence-electron chi connectivity index (χ3n) is 2.70. The fourth-order valence-corrected chi connectivity index (χ4v) is 1.68. The minimum atomic E-state index is -0.486. The first-order valence-corrected chi connectivity index (χ1v) is 5.53. The summed E-state index contributed by atoms with van der Waals surface area (Å²) in [6.07, 6.45) is 1.27. The molecule has 92 valence electrons. The first-order valence-electron chi connectivity index (χ1n) is 5.53. The van der Waals surface area contributed by atoms with Gasteiger partial charge in [-0.1, -0.05) is 13.0 Å². The van der Waals surface area contributed by atoms with Crippen molar-refractivity contribution in [3.63, 3.8) is 0 Å². The maximum atomic E-state index is 11.8. The SMILES string of the molecule is CCCC(=O)c1ccc(C(=O)OC)c(N)c1C. The van der Waals surface area contributed by atoms with Gasteiger partial charge in [0.1, 0.15) is 0 Å². The summed E-state index contributed by atoms with van der Waals surface area (Å²) in [6.45, 7) is 3.68. The number of hydrogen-bond donors (Lipinski definition) is 1. The van der Waals surface area contributed by atoms with Crippen molar-refractivity contribution >= 4 is 17.4 Å². The standard InChI is InChI=1S/C13H17NO3/c1-4-5-11(15)9-6-7-10(13(16)17-3)12(14)8(9)2/h6-7H,4-5,14H2,1-3H3. The summed E-state index contributed by atoms with van der Waals surface area (Å²) in [4.78, 5) is 23.2. The van der Waals surface area contributed by atoms with Gasteiger partial charge in [-0.25, -0.2) is 4.79 Å². The highest BCUT2D eigenvalue weighted by atomic mass is 16.5. The Morgan fingerprint density at radius 2 is 1.88 bits per heavy atom. The lowest BCUT2D eigenvalue weighted by atomic mass is 9.97. The second-order valence-corrected chi connectivity index (χ2v) is 3.86. The molecule has 0 unspecified atom stereocenters. The number of carbonyl (C=O) groups is 2. The molecule has 0 aliphatic carbocycles. The van der Waals surface area contributed by atoms with Crippen LogP contribution in [0.4, 0.5) is 5.69 Å². The molecule has 0 bridgehead atoms. The van der Waals surface area contributed by atoms with Crippen molar-refractivity contribution in [2.24, 2.45) is 0 Å². The van der Waals surface area contributed by atoms with Crippen LogP contribution in [0.15, 0.2) is 12.1 Å². The van der Waals surface area contributed by atoms with Crippen molar-refractivity contribution < 1.29 is 14.3 Å². The van der Waals surface area contributed by atoms with E-state index in [4.69, 9.17) is 5.73 Å². The summed E-state index contributed by atoms with van der Waals surface area (Å²) in [7, 11) is 1.30. The van der Waals surface area contributed by atoms with Gasteiger partial charge in [0.25, 0.3) is 0 Å². The zero-order valence-electron chi connectivity index (χ0n) is 10.4. The Balaban J connectivity index is 3.19. The van der Waals surface area contributed by atoms with Crippen LogP contribution in [-0.2, 0) is 4.74 Å². The fourth-order valence-electron chi connectivity index (χ4n) is 1.68. The number of methoxy groups -OCH3 is 1. The van der Waals surface area contributed by atoms with Crippen LogP contribution in [0.25, 0.3) is 0 Å². The number of carbonyl (C=O) groups excluding carboxylic acids is 2. The van der Waals surface area contributed by atoms with Crippen LogP contribution in [0.2, 0.25) is 0 Å². The summed E-state index contributed by atoms with van der Waals surface area (Å²) in [5, 5.41) is 0. The lowest BCUT2D eigenvalue weighted by Crippen LogP contribution is -2.10. The van der Waals surface area contributed by atoms with E-state index >= 15 is 0 Å². The fraction of sp³-hybridized carbons (Fsp3) is 0.385. The molecule has 0 fully saturated rings. The minimum Gasteiger partial charge on any atom is -0.465 e. The number of esters is 1. The molecule has 0 aromatic heterocycles. The topological polar surface area (TPSA) is 69.4 Å². The Bertz CT molecular complexity index is 452. The van der Waals surface area contributed by atoms with Gasteiger partial charge in [-0.3, -0.25) is 4.79 Å². The van der Waals surface area contributed by atoms with E-state index in [-0.39, 0.29) is 5.78 Å². The number of hydrogen-bond acceptors (Lipinski definition) is 4. The normalized spacial score (nSPS) is 10.1. The van der Waals surface area contributed by atoms with Gasteiger partial charge in [-0.15, -0.1) is 0 Å². The first-order chi connectivity index (χ1) is 8.02. The number of ether oxygens (including phenoxy) is 1. The summed E-state index contributed by atoms with van der Waals surface area (Å²) in [5.41, 5.74) is 7.69.